The minimum atomic E-state index is -0.811. The lowest BCUT2D eigenvalue weighted by atomic mass is 10.1. The van der Waals surface area contributed by atoms with Gasteiger partial charge in [0, 0.05) is 62.0 Å². The Morgan fingerprint density at radius 2 is 1.89 bits per heavy atom. The zero-order chi connectivity index (χ0) is 25.8. The highest BCUT2D eigenvalue weighted by molar-refractivity contribution is 7.22. The first kappa shape index (κ1) is 26.8. The van der Waals surface area contributed by atoms with Crippen LogP contribution < -0.4 is 15.4 Å². The van der Waals surface area contributed by atoms with E-state index in [1.54, 1.807) is 6.92 Å². The molecule has 7 nitrogen and oxygen atoms in total. The molecule has 3 aromatic rings. The highest BCUT2D eigenvalue weighted by Crippen LogP contribution is 2.37. The molecular formula is C24H27Cl2F2N5O2S. The van der Waals surface area contributed by atoms with E-state index in [1.165, 1.54) is 29.5 Å². The zero-order valence-corrected chi connectivity index (χ0v) is 22.2. The van der Waals surface area contributed by atoms with Crippen molar-refractivity contribution in [3.05, 3.63) is 51.5 Å². The van der Waals surface area contributed by atoms with Gasteiger partial charge in [-0.15, -0.1) is 0 Å². The largest absolute Gasteiger partial charge is 0.483 e. The number of hydrogen-bond donors (Lipinski definition) is 2. The van der Waals surface area contributed by atoms with Gasteiger partial charge in [0.1, 0.15) is 11.9 Å². The Labute approximate surface area is 222 Å². The molecule has 1 fully saturated rings. The second kappa shape index (κ2) is 11.9. The molecular weight excluding hydrogens is 531 g/mol. The summed E-state index contributed by atoms with van der Waals surface area (Å²) in [6.45, 7) is 10.2. The molecule has 0 bridgehead atoms. The van der Waals surface area contributed by atoms with Crippen LogP contribution in [0.2, 0.25) is 10.0 Å². The van der Waals surface area contributed by atoms with Crippen molar-refractivity contribution in [2.24, 2.45) is 0 Å². The van der Waals surface area contributed by atoms with Gasteiger partial charge in [-0.25, -0.2) is 18.6 Å². The van der Waals surface area contributed by atoms with Gasteiger partial charge in [-0.3, -0.25) is 10.2 Å². The number of carbonyl (C=O) groups is 1. The summed E-state index contributed by atoms with van der Waals surface area (Å²) in [5, 5.41) is 5.92. The molecule has 1 aliphatic rings. The van der Waals surface area contributed by atoms with Crippen molar-refractivity contribution in [1.29, 1.82) is 0 Å². The number of nitrogens with zero attached hydrogens (tertiary/aromatic N) is 3. The van der Waals surface area contributed by atoms with Crippen LogP contribution in [-0.4, -0.2) is 66.6 Å². The van der Waals surface area contributed by atoms with Crippen LogP contribution >= 0.6 is 34.5 Å². The van der Waals surface area contributed by atoms with Gasteiger partial charge < -0.3 is 15.0 Å². The van der Waals surface area contributed by atoms with E-state index in [1.807, 2.05) is 0 Å². The number of ether oxygens (including phenoxy) is 1. The van der Waals surface area contributed by atoms with Gasteiger partial charge in [0.15, 0.2) is 16.7 Å². The number of aromatic nitrogens is 1. The molecule has 1 saturated heterocycles. The number of rotatable bonds is 8. The molecule has 2 aromatic carbocycles. The quantitative estimate of drug-likeness (QED) is 0.343. The zero-order valence-electron chi connectivity index (χ0n) is 19.9. The van der Waals surface area contributed by atoms with E-state index in [0.29, 0.717) is 21.9 Å². The van der Waals surface area contributed by atoms with Gasteiger partial charge in [-0.1, -0.05) is 41.5 Å². The fraction of sp³-hybridized carbons (Fsp3) is 0.417. The summed E-state index contributed by atoms with van der Waals surface area (Å²) in [5.41, 5.74) is 0.608. The lowest BCUT2D eigenvalue weighted by Crippen LogP contribution is -2.48. The molecule has 12 heteroatoms. The number of anilines is 1. The summed E-state index contributed by atoms with van der Waals surface area (Å²) in [6, 6.07) is 4.86. The van der Waals surface area contributed by atoms with Crippen LogP contribution in [0.1, 0.15) is 25.5 Å². The average Bonchev–Trinajstić information content (AvgIpc) is 3.23. The maximum atomic E-state index is 14.7. The van der Waals surface area contributed by atoms with E-state index >= 15 is 0 Å². The summed E-state index contributed by atoms with van der Waals surface area (Å²) >= 11 is 13.4. The molecule has 2 N–H and O–H groups in total. The van der Waals surface area contributed by atoms with Gasteiger partial charge in [0.25, 0.3) is 0 Å². The van der Waals surface area contributed by atoms with Crippen molar-refractivity contribution < 1.29 is 18.3 Å². The lowest BCUT2D eigenvalue weighted by molar-refractivity contribution is 0.138. The van der Waals surface area contributed by atoms with Crippen LogP contribution in [-0.2, 0) is 0 Å². The molecule has 0 radical (unpaired) electrons. The number of hydrogen-bond acceptors (Lipinski definition) is 6. The van der Waals surface area contributed by atoms with E-state index in [0.717, 1.165) is 45.3 Å². The summed E-state index contributed by atoms with van der Waals surface area (Å²) < 4.78 is 35.0. The summed E-state index contributed by atoms with van der Waals surface area (Å²) in [5.74, 6) is -1.35. The molecule has 0 spiro atoms. The number of fused-ring (bicyclic) bond motifs is 1. The topological polar surface area (TPSA) is 69.7 Å². The number of thiazole rings is 1. The Morgan fingerprint density at radius 1 is 1.17 bits per heavy atom. The van der Waals surface area contributed by atoms with Crippen LogP contribution in [0.4, 0.5) is 18.7 Å². The summed E-state index contributed by atoms with van der Waals surface area (Å²) in [7, 11) is 0. The average molecular weight is 558 g/mol. The van der Waals surface area contributed by atoms with E-state index in [4.69, 9.17) is 27.9 Å². The van der Waals surface area contributed by atoms with Crippen molar-refractivity contribution in [2.45, 2.75) is 20.0 Å². The predicted molar refractivity (Wildman–Crippen MR) is 141 cm³/mol. The SMILES string of the molecule is CCN1CCN(CCNC(=O)Nc2nc3cc(F)c(OC(C)c4c(Cl)ccc(F)c4Cl)cc3s2)CC1. The normalized spacial score (nSPS) is 15.7. The Balaban J connectivity index is 1.36. The number of likely N-dealkylation sites (N-methyl/N-ethyl adjacent to an activating group) is 1. The highest BCUT2D eigenvalue weighted by atomic mass is 35.5. The van der Waals surface area contributed by atoms with Crippen LogP contribution in [0.5, 0.6) is 5.75 Å². The second-order valence-corrected chi connectivity index (χ2v) is 10.3. The van der Waals surface area contributed by atoms with E-state index in [-0.39, 0.29) is 27.4 Å². The van der Waals surface area contributed by atoms with Crippen molar-refractivity contribution in [2.75, 3.05) is 51.1 Å². The molecule has 2 heterocycles. The van der Waals surface area contributed by atoms with Crippen LogP contribution in [0.25, 0.3) is 10.2 Å². The molecule has 1 aliphatic heterocycles. The molecule has 194 valence electrons. The number of halogens is 4. The monoisotopic (exact) mass is 557 g/mol. The molecule has 0 saturated carbocycles. The van der Waals surface area contributed by atoms with Crippen molar-refractivity contribution in [3.63, 3.8) is 0 Å². The third-order valence-electron chi connectivity index (χ3n) is 6.08. The standard InChI is InChI=1S/C24H27Cl2F2N5O2S/c1-3-32-8-10-33(11-9-32)7-6-29-23(34)31-24-30-18-12-17(28)19(13-20(18)36-24)35-14(2)21-15(25)4-5-16(27)22(21)26/h4-5,12-14H,3,6-11H2,1-2H3,(H2,29,30,31,34). The van der Waals surface area contributed by atoms with E-state index in [2.05, 4.69) is 32.3 Å². The number of nitrogens with one attached hydrogen (secondary N) is 2. The first-order valence-electron chi connectivity index (χ1n) is 11.6. The Bertz CT molecular complexity index is 1240. The molecule has 1 aromatic heterocycles. The van der Waals surface area contributed by atoms with E-state index < -0.39 is 17.7 Å². The first-order chi connectivity index (χ1) is 17.2. The third kappa shape index (κ3) is 6.36. The Kier molecular flexibility index (Phi) is 8.84. The molecule has 4 rings (SSSR count). The number of amides is 2. The third-order valence-corrected chi connectivity index (χ3v) is 7.73. The predicted octanol–water partition coefficient (Wildman–Crippen LogP) is 5.78. The van der Waals surface area contributed by atoms with Crippen molar-refractivity contribution in [1.82, 2.24) is 20.1 Å². The minimum absolute atomic E-state index is 0.0609. The summed E-state index contributed by atoms with van der Waals surface area (Å²) in [4.78, 5) is 21.3. The molecule has 36 heavy (non-hydrogen) atoms. The second-order valence-electron chi connectivity index (χ2n) is 8.44. The Morgan fingerprint density at radius 3 is 2.61 bits per heavy atom. The number of urea groups is 1. The number of carbonyl (C=O) groups excluding carboxylic acids is 1. The molecule has 1 atom stereocenters. The lowest BCUT2D eigenvalue weighted by Gasteiger charge is -2.33. The smallest absolute Gasteiger partial charge is 0.321 e. The maximum Gasteiger partial charge on any atom is 0.321 e. The number of benzene rings is 2. The van der Waals surface area contributed by atoms with Crippen LogP contribution in [0.15, 0.2) is 24.3 Å². The van der Waals surface area contributed by atoms with Gasteiger partial charge in [0.2, 0.25) is 0 Å². The maximum absolute atomic E-state index is 14.7. The van der Waals surface area contributed by atoms with Gasteiger partial charge in [-0.05, 0) is 25.6 Å². The first-order valence-corrected chi connectivity index (χ1v) is 13.2. The summed E-state index contributed by atoms with van der Waals surface area (Å²) in [6.07, 6.45) is -0.811. The minimum Gasteiger partial charge on any atom is -0.483 e. The van der Waals surface area contributed by atoms with Crippen LogP contribution in [0, 0.1) is 11.6 Å². The Hall–Kier alpha value is -2.24. The van der Waals surface area contributed by atoms with Gasteiger partial charge in [0.05, 0.1) is 15.2 Å². The van der Waals surface area contributed by atoms with Crippen LogP contribution in [0.3, 0.4) is 0 Å². The fourth-order valence-electron chi connectivity index (χ4n) is 4.04. The fourth-order valence-corrected chi connectivity index (χ4v) is 5.59. The number of piperazine rings is 1. The van der Waals surface area contributed by atoms with E-state index in [9.17, 15) is 13.6 Å². The highest BCUT2D eigenvalue weighted by Gasteiger charge is 2.21. The molecule has 0 aliphatic carbocycles. The van der Waals surface area contributed by atoms with Crippen molar-refractivity contribution >= 4 is 55.9 Å². The van der Waals surface area contributed by atoms with Gasteiger partial charge in [-0.2, -0.15) is 0 Å². The molecule has 1 unspecified atom stereocenters. The van der Waals surface area contributed by atoms with Crippen molar-refractivity contribution in [3.8, 4) is 5.75 Å². The molecule has 2 amide bonds. The van der Waals surface area contributed by atoms with Gasteiger partial charge >= 0.3 is 6.03 Å².